The summed E-state index contributed by atoms with van der Waals surface area (Å²) in [6.07, 6.45) is 2.11. The van der Waals surface area contributed by atoms with Gasteiger partial charge in [-0.05, 0) is 25.0 Å². The minimum Gasteiger partial charge on any atom is -0.383 e. The molecule has 2 N–H and O–H groups in total. The number of benzene rings is 1. The second kappa shape index (κ2) is 6.44. The first-order chi connectivity index (χ1) is 9.90. The molecular formula is C14H21N3O3S. The van der Waals surface area contributed by atoms with Crippen LogP contribution < -0.4 is 10.0 Å². The van der Waals surface area contributed by atoms with Crippen molar-refractivity contribution in [2.24, 2.45) is 0 Å². The number of carbonyl (C=O) groups is 1. The first-order valence-corrected chi connectivity index (χ1v) is 8.44. The topological polar surface area (TPSA) is 78.5 Å². The lowest BCUT2D eigenvalue weighted by atomic mass is 10.3. The molecule has 0 unspecified atom stereocenters. The molecular weight excluding hydrogens is 290 g/mol. The molecule has 0 bridgehead atoms. The van der Waals surface area contributed by atoms with Crippen molar-refractivity contribution in [2.75, 3.05) is 26.0 Å². The fourth-order valence-corrected chi connectivity index (χ4v) is 3.35. The molecule has 1 fully saturated rings. The van der Waals surface area contributed by atoms with Gasteiger partial charge < -0.3 is 10.2 Å². The molecule has 0 saturated heterocycles. The first-order valence-electron chi connectivity index (χ1n) is 6.95. The molecule has 2 rings (SSSR count). The predicted octanol–water partition coefficient (Wildman–Crippen LogP) is 1.02. The van der Waals surface area contributed by atoms with Gasteiger partial charge in [-0.3, -0.25) is 4.79 Å². The number of para-hydroxylation sites is 1. The smallest absolute Gasteiger partial charge is 0.242 e. The van der Waals surface area contributed by atoms with Crippen molar-refractivity contribution in [1.29, 1.82) is 0 Å². The molecule has 1 aromatic rings. The van der Waals surface area contributed by atoms with E-state index in [0.717, 1.165) is 12.8 Å². The molecule has 1 amide bonds. The summed E-state index contributed by atoms with van der Waals surface area (Å²) in [7, 11) is -0.113. The zero-order valence-corrected chi connectivity index (χ0v) is 13.1. The van der Waals surface area contributed by atoms with Crippen molar-refractivity contribution < 1.29 is 13.2 Å². The fourth-order valence-electron chi connectivity index (χ4n) is 1.86. The van der Waals surface area contributed by atoms with Gasteiger partial charge in [-0.25, -0.2) is 13.1 Å². The van der Waals surface area contributed by atoms with E-state index in [0.29, 0.717) is 18.7 Å². The maximum absolute atomic E-state index is 12.3. The average molecular weight is 311 g/mol. The first kappa shape index (κ1) is 15.8. The third kappa shape index (κ3) is 4.44. The largest absolute Gasteiger partial charge is 0.383 e. The van der Waals surface area contributed by atoms with Gasteiger partial charge >= 0.3 is 0 Å². The standard InChI is InChI=1S/C14H21N3O3S/c1-17(2)14(18)9-10-15-12-5-3-4-6-13(12)21(19,20)16-11-7-8-11/h3-6,11,15-16H,7-10H2,1-2H3. The van der Waals surface area contributed by atoms with E-state index < -0.39 is 10.0 Å². The van der Waals surface area contributed by atoms with E-state index in [9.17, 15) is 13.2 Å². The highest BCUT2D eigenvalue weighted by Crippen LogP contribution is 2.25. The van der Waals surface area contributed by atoms with Crippen molar-refractivity contribution >= 4 is 21.6 Å². The number of amides is 1. The quantitative estimate of drug-likeness (QED) is 0.788. The number of nitrogens with one attached hydrogen (secondary N) is 2. The second-order valence-corrected chi connectivity index (χ2v) is 7.04. The van der Waals surface area contributed by atoms with Gasteiger partial charge in [0.1, 0.15) is 4.90 Å². The van der Waals surface area contributed by atoms with Crippen molar-refractivity contribution in [3.8, 4) is 0 Å². The summed E-state index contributed by atoms with van der Waals surface area (Å²) in [5, 5.41) is 3.03. The van der Waals surface area contributed by atoms with Crippen LogP contribution in [-0.2, 0) is 14.8 Å². The number of hydrogen-bond acceptors (Lipinski definition) is 4. The fraction of sp³-hybridized carbons (Fsp3) is 0.500. The molecule has 1 aliphatic carbocycles. The number of rotatable bonds is 7. The van der Waals surface area contributed by atoms with Crippen LogP contribution in [0, 0.1) is 0 Å². The number of carbonyl (C=O) groups excluding carboxylic acids is 1. The Kier molecular flexibility index (Phi) is 4.84. The zero-order chi connectivity index (χ0) is 15.5. The summed E-state index contributed by atoms with van der Waals surface area (Å²) >= 11 is 0. The van der Waals surface area contributed by atoms with Gasteiger partial charge in [0.25, 0.3) is 0 Å². The summed E-state index contributed by atoms with van der Waals surface area (Å²) < 4.78 is 27.2. The number of sulfonamides is 1. The lowest BCUT2D eigenvalue weighted by Gasteiger charge is -2.14. The molecule has 0 radical (unpaired) electrons. The summed E-state index contributed by atoms with van der Waals surface area (Å²) in [6.45, 7) is 0.396. The van der Waals surface area contributed by atoms with E-state index in [-0.39, 0.29) is 16.8 Å². The maximum Gasteiger partial charge on any atom is 0.242 e. The minimum atomic E-state index is -3.50. The van der Waals surface area contributed by atoms with Crippen LogP contribution in [0.2, 0.25) is 0 Å². The van der Waals surface area contributed by atoms with Crippen molar-refractivity contribution in [2.45, 2.75) is 30.2 Å². The molecule has 1 aromatic carbocycles. The Morgan fingerprint density at radius 3 is 2.57 bits per heavy atom. The van der Waals surface area contributed by atoms with Gasteiger partial charge in [-0.1, -0.05) is 12.1 Å². The molecule has 0 spiro atoms. The average Bonchev–Trinajstić information content (AvgIpc) is 3.22. The van der Waals surface area contributed by atoms with Gasteiger partial charge in [0.2, 0.25) is 15.9 Å². The summed E-state index contributed by atoms with van der Waals surface area (Å²) in [6, 6.07) is 6.81. The predicted molar refractivity (Wildman–Crippen MR) is 81.6 cm³/mol. The third-order valence-corrected chi connectivity index (χ3v) is 4.81. The normalized spacial score (nSPS) is 14.8. The number of hydrogen-bond donors (Lipinski definition) is 2. The Morgan fingerprint density at radius 2 is 1.95 bits per heavy atom. The summed E-state index contributed by atoms with van der Waals surface area (Å²) in [5.74, 6) is -0.000978. The minimum absolute atomic E-state index is 0.000978. The zero-order valence-electron chi connectivity index (χ0n) is 12.3. The van der Waals surface area contributed by atoms with Gasteiger partial charge in [0, 0.05) is 33.1 Å². The van der Waals surface area contributed by atoms with Crippen LogP contribution in [-0.4, -0.2) is 45.9 Å². The highest BCUT2D eigenvalue weighted by Gasteiger charge is 2.29. The van der Waals surface area contributed by atoms with Crippen molar-refractivity contribution in [1.82, 2.24) is 9.62 Å². The maximum atomic E-state index is 12.3. The molecule has 0 aliphatic heterocycles. The lowest BCUT2D eigenvalue weighted by Crippen LogP contribution is -2.27. The van der Waals surface area contributed by atoms with E-state index in [4.69, 9.17) is 0 Å². The lowest BCUT2D eigenvalue weighted by molar-refractivity contribution is -0.128. The Bertz CT molecular complexity index is 610. The summed E-state index contributed by atoms with van der Waals surface area (Å²) in [4.78, 5) is 13.3. The molecule has 6 nitrogen and oxygen atoms in total. The van der Waals surface area contributed by atoms with Crippen LogP contribution in [0.5, 0.6) is 0 Å². The Morgan fingerprint density at radius 1 is 1.29 bits per heavy atom. The van der Waals surface area contributed by atoms with Gasteiger partial charge in [-0.15, -0.1) is 0 Å². The Hall–Kier alpha value is -1.60. The van der Waals surface area contributed by atoms with Crippen LogP contribution in [0.4, 0.5) is 5.69 Å². The van der Waals surface area contributed by atoms with E-state index in [2.05, 4.69) is 10.0 Å². The third-order valence-electron chi connectivity index (χ3n) is 3.23. The number of nitrogens with zero attached hydrogens (tertiary/aromatic N) is 1. The van der Waals surface area contributed by atoms with Gasteiger partial charge in [0.05, 0.1) is 5.69 Å². The SMILES string of the molecule is CN(C)C(=O)CCNc1ccccc1S(=O)(=O)NC1CC1. The molecule has 21 heavy (non-hydrogen) atoms. The molecule has 0 atom stereocenters. The van der Waals surface area contributed by atoms with Crippen LogP contribution in [0.1, 0.15) is 19.3 Å². The molecule has 0 aromatic heterocycles. The highest BCUT2D eigenvalue weighted by molar-refractivity contribution is 7.89. The Labute approximate surface area is 125 Å². The van der Waals surface area contributed by atoms with Crippen LogP contribution >= 0.6 is 0 Å². The van der Waals surface area contributed by atoms with Gasteiger partial charge in [-0.2, -0.15) is 0 Å². The van der Waals surface area contributed by atoms with Crippen molar-refractivity contribution in [3.63, 3.8) is 0 Å². The molecule has 116 valence electrons. The van der Waals surface area contributed by atoms with Crippen LogP contribution in [0.25, 0.3) is 0 Å². The van der Waals surface area contributed by atoms with E-state index in [1.54, 1.807) is 38.4 Å². The molecule has 1 aliphatic rings. The summed E-state index contributed by atoms with van der Waals surface area (Å²) in [5.41, 5.74) is 0.525. The van der Waals surface area contributed by atoms with E-state index >= 15 is 0 Å². The molecule has 0 heterocycles. The van der Waals surface area contributed by atoms with Crippen LogP contribution in [0.15, 0.2) is 29.2 Å². The van der Waals surface area contributed by atoms with E-state index in [1.807, 2.05) is 0 Å². The highest BCUT2D eigenvalue weighted by atomic mass is 32.2. The van der Waals surface area contributed by atoms with E-state index in [1.165, 1.54) is 4.90 Å². The monoisotopic (exact) mass is 311 g/mol. The van der Waals surface area contributed by atoms with Crippen LogP contribution in [0.3, 0.4) is 0 Å². The molecule has 1 saturated carbocycles. The second-order valence-electron chi connectivity index (χ2n) is 5.36. The molecule has 7 heteroatoms. The Balaban J connectivity index is 2.04. The number of anilines is 1. The van der Waals surface area contributed by atoms with Gasteiger partial charge in [0.15, 0.2) is 0 Å². The van der Waals surface area contributed by atoms with Crippen molar-refractivity contribution in [3.05, 3.63) is 24.3 Å².